The van der Waals surface area contributed by atoms with Crippen LogP contribution in [0.15, 0.2) is 29.1 Å². The molecule has 0 radical (unpaired) electrons. The molecule has 0 unspecified atom stereocenters. The summed E-state index contributed by atoms with van der Waals surface area (Å²) >= 11 is 12.0. The molecule has 3 rings (SSSR count). The van der Waals surface area contributed by atoms with Gasteiger partial charge in [0.25, 0.3) is 5.56 Å². The minimum absolute atomic E-state index is 0.0992. The van der Waals surface area contributed by atoms with Crippen LogP contribution in [0.2, 0.25) is 10.0 Å². The molecule has 3 nitrogen and oxygen atoms in total. The van der Waals surface area contributed by atoms with Gasteiger partial charge in [-0.05, 0) is 31.0 Å². The van der Waals surface area contributed by atoms with Gasteiger partial charge in [0.1, 0.15) is 0 Å². The van der Waals surface area contributed by atoms with Gasteiger partial charge in [-0.1, -0.05) is 23.2 Å². The van der Waals surface area contributed by atoms with E-state index in [1.165, 1.54) is 0 Å². The molecule has 17 heavy (non-hydrogen) atoms. The molecule has 1 aliphatic carbocycles. The van der Waals surface area contributed by atoms with E-state index in [0.29, 0.717) is 16.0 Å². The number of hydrogen-bond acceptors (Lipinski definition) is 1. The van der Waals surface area contributed by atoms with Gasteiger partial charge in [0.2, 0.25) is 0 Å². The van der Waals surface area contributed by atoms with Crippen LogP contribution in [0.25, 0.3) is 5.69 Å². The molecule has 0 amide bonds. The zero-order valence-electron chi connectivity index (χ0n) is 8.91. The molecule has 0 atom stereocenters. The van der Waals surface area contributed by atoms with Gasteiger partial charge in [0, 0.05) is 22.7 Å². The maximum atomic E-state index is 11.4. The number of halogens is 2. The predicted octanol–water partition coefficient (Wildman–Crippen LogP) is 3.35. The Morgan fingerprint density at radius 1 is 1.24 bits per heavy atom. The van der Waals surface area contributed by atoms with Crippen LogP contribution in [0, 0.1) is 0 Å². The molecule has 1 aromatic carbocycles. The Morgan fingerprint density at radius 2 is 2.00 bits per heavy atom. The average molecular weight is 269 g/mol. The quantitative estimate of drug-likeness (QED) is 0.891. The number of nitrogens with one attached hydrogen (secondary N) is 1. The van der Waals surface area contributed by atoms with E-state index >= 15 is 0 Å². The molecule has 0 spiro atoms. The van der Waals surface area contributed by atoms with E-state index in [-0.39, 0.29) is 5.56 Å². The first kappa shape index (κ1) is 10.9. The number of aromatic nitrogens is 2. The van der Waals surface area contributed by atoms with Crippen LogP contribution in [0.3, 0.4) is 0 Å². The largest absolute Gasteiger partial charge is 0.268 e. The third-order valence-electron chi connectivity index (χ3n) is 2.91. The maximum absolute atomic E-state index is 11.4. The Morgan fingerprint density at radius 3 is 2.65 bits per heavy atom. The second-order valence-electron chi connectivity index (χ2n) is 4.25. The molecule has 0 aliphatic heterocycles. The van der Waals surface area contributed by atoms with Crippen LogP contribution in [-0.4, -0.2) is 9.78 Å². The summed E-state index contributed by atoms with van der Waals surface area (Å²) in [7, 11) is 0. The first-order chi connectivity index (χ1) is 8.15. The number of rotatable bonds is 2. The molecule has 1 N–H and O–H groups in total. The molecule has 1 saturated carbocycles. The highest BCUT2D eigenvalue weighted by molar-refractivity contribution is 6.35. The maximum Gasteiger partial charge on any atom is 0.264 e. The Hall–Kier alpha value is -1.19. The van der Waals surface area contributed by atoms with E-state index in [2.05, 4.69) is 5.10 Å². The molecule has 2 aromatic rings. The van der Waals surface area contributed by atoms with Crippen LogP contribution in [-0.2, 0) is 0 Å². The third-order valence-corrected chi connectivity index (χ3v) is 3.44. The second-order valence-corrected chi connectivity index (χ2v) is 5.09. The zero-order chi connectivity index (χ0) is 12.0. The fraction of sp³-hybridized carbons (Fsp3) is 0.250. The van der Waals surface area contributed by atoms with E-state index in [1.807, 2.05) is 6.07 Å². The van der Waals surface area contributed by atoms with Gasteiger partial charge in [-0.3, -0.25) is 14.6 Å². The first-order valence-corrected chi connectivity index (χ1v) is 6.18. The fourth-order valence-electron chi connectivity index (χ4n) is 1.95. The minimum Gasteiger partial charge on any atom is -0.268 e. The number of nitrogens with zero attached hydrogens (tertiary/aromatic N) is 1. The fourth-order valence-corrected chi connectivity index (χ4v) is 2.44. The van der Waals surface area contributed by atoms with Crippen LogP contribution in [0.1, 0.15) is 24.5 Å². The Bertz CT molecular complexity index is 626. The van der Waals surface area contributed by atoms with Gasteiger partial charge in [-0.25, -0.2) is 0 Å². The summed E-state index contributed by atoms with van der Waals surface area (Å²) in [5, 5.41) is 3.89. The molecular formula is C12H10Cl2N2O. The lowest BCUT2D eigenvalue weighted by molar-refractivity contribution is 0.800. The minimum atomic E-state index is -0.0992. The topological polar surface area (TPSA) is 37.8 Å². The number of H-pyrrole nitrogens is 1. The number of aromatic amines is 1. The van der Waals surface area contributed by atoms with Crippen molar-refractivity contribution in [1.82, 2.24) is 9.78 Å². The summed E-state index contributed by atoms with van der Waals surface area (Å²) in [6.45, 7) is 0. The molecule has 1 aliphatic rings. The number of hydrogen-bond donors (Lipinski definition) is 1. The normalized spacial score (nSPS) is 15.2. The van der Waals surface area contributed by atoms with Gasteiger partial charge in [-0.15, -0.1) is 0 Å². The van der Waals surface area contributed by atoms with Crippen LogP contribution in [0.4, 0.5) is 0 Å². The van der Waals surface area contributed by atoms with Gasteiger partial charge in [0.15, 0.2) is 0 Å². The monoisotopic (exact) mass is 268 g/mol. The van der Waals surface area contributed by atoms with Gasteiger partial charge in [0.05, 0.1) is 10.7 Å². The summed E-state index contributed by atoms with van der Waals surface area (Å²) < 4.78 is 1.76. The highest BCUT2D eigenvalue weighted by Crippen LogP contribution is 2.40. The van der Waals surface area contributed by atoms with Crippen molar-refractivity contribution in [1.29, 1.82) is 0 Å². The van der Waals surface area contributed by atoms with Crippen molar-refractivity contribution in [2.45, 2.75) is 18.8 Å². The van der Waals surface area contributed by atoms with E-state index in [4.69, 9.17) is 23.2 Å². The molecule has 1 fully saturated rings. The molecule has 5 heteroatoms. The lowest BCUT2D eigenvalue weighted by Crippen LogP contribution is -2.05. The lowest BCUT2D eigenvalue weighted by Gasteiger charge is -2.09. The second kappa shape index (κ2) is 3.93. The van der Waals surface area contributed by atoms with Crippen molar-refractivity contribution >= 4 is 23.2 Å². The van der Waals surface area contributed by atoms with Crippen molar-refractivity contribution in [3.8, 4) is 5.69 Å². The summed E-state index contributed by atoms with van der Waals surface area (Å²) in [6.07, 6.45) is 2.25. The summed E-state index contributed by atoms with van der Waals surface area (Å²) in [5.74, 6) is 0.473. The van der Waals surface area contributed by atoms with Crippen LogP contribution >= 0.6 is 23.2 Å². The smallest absolute Gasteiger partial charge is 0.264 e. The van der Waals surface area contributed by atoms with Crippen LogP contribution in [0.5, 0.6) is 0 Å². The SMILES string of the molecule is O=c1cc(C2CC2)n(-c2ccc(Cl)cc2Cl)[nH]1. The standard InChI is InChI=1S/C12H10Cl2N2O/c13-8-3-4-10(9(14)5-8)16-11(7-1-2-7)6-12(17)15-16/h3-7H,1-2H2,(H,15,17). The summed E-state index contributed by atoms with van der Waals surface area (Å²) in [6, 6.07) is 6.89. The van der Waals surface area contributed by atoms with Crippen LogP contribution < -0.4 is 5.56 Å². The number of benzene rings is 1. The first-order valence-electron chi connectivity index (χ1n) is 5.42. The van der Waals surface area contributed by atoms with E-state index in [9.17, 15) is 4.79 Å². The van der Waals surface area contributed by atoms with Crippen molar-refractivity contribution < 1.29 is 0 Å². The Kier molecular flexibility index (Phi) is 2.53. The highest BCUT2D eigenvalue weighted by atomic mass is 35.5. The molecule has 1 aromatic heterocycles. The van der Waals surface area contributed by atoms with E-state index in [1.54, 1.807) is 22.9 Å². The van der Waals surface area contributed by atoms with Crippen molar-refractivity contribution in [3.05, 3.63) is 50.4 Å². The van der Waals surface area contributed by atoms with E-state index < -0.39 is 0 Å². The third kappa shape index (κ3) is 2.01. The zero-order valence-corrected chi connectivity index (χ0v) is 10.4. The van der Waals surface area contributed by atoms with Gasteiger partial charge >= 0.3 is 0 Å². The molecular weight excluding hydrogens is 259 g/mol. The summed E-state index contributed by atoms with van der Waals surface area (Å²) in [4.78, 5) is 11.4. The molecule has 88 valence electrons. The van der Waals surface area contributed by atoms with E-state index in [0.717, 1.165) is 24.2 Å². The summed E-state index contributed by atoms with van der Waals surface area (Å²) in [5.41, 5.74) is 1.66. The molecule has 1 heterocycles. The predicted molar refractivity (Wildman–Crippen MR) is 68.4 cm³/mol. The van der Waals surface area contributed by atoms with Gasteiger partial charge < -0.3 is 0 Å². The Balaban J connectivity index is 2.17. The van der Waals surface area contributed by atoms with Gasteiger partial charge in [-0.2, -0.15) is 0 Å². The molecule has 0 saturated heterocycles. The Labute approximate surface area is 108 Å². The average Bonchev–Trinajstić information content (AvgIpc) is 3.03. The van der Waals surface area contributed by atoms with Crippen molar-refractivity contribution in [2.75, 3.05) is 0 Å². The van der Waals surface area contributed by atoms with Crippen molar-refractivity contribution in [2.24, 2.45) is 0 Å². The highest BCUT2D eigenvalue weighted by Gasteiger charge is 2.28. The van der Waals surface area contributed by atoms with Crippen molar-refractivity contribution in [3.63, 3.8) is 0 Å². The lowest BCUT2D eigenvalue weighted by atomic mass is 10.2. The molecule has 0 bridgehead atoms.